The lowest BCUT2D eigenvalue weighted by molar-refractivity contribution is 0.154. The van der Waals surface area contributed by atoms with E-state index in [4.69, 9.17) is 15.4 Å². The van der Waals surface area contributed by atoms with E-state index in [1.807, 2.05) is 6.92 Å². The Morgan fingerprint density at radius 3 is 2.32 bits per heavy atom. The number of hydrogen-bond acceptors (Lipinski definition) is 3. The maximum atomic E-state index is 11.4. The van der Waals surface area contributed by atoms with E-state index in [0.29, 0.717) is 5.56 Å². The van der Waals surface area contributed by atoms with E-state index in [1.165, 1.54) is 25.3 Å². The summed E-state index contributed by atoms with van der Waals surface area (Å²) in [5, 5.41) is 0. The minimum Gasteiger partial charge on any atom is -0.490 e. The van der Waals surface area contributed by atoms with Gasteiger partial charge in [0.15, 0.2) is 0 Å². The fourth-order valence-corrected chi connectivity index (χ4v) is 3.78. The van der Waals surface area contributed by atoms with E-state index < -0.39 is 9.05 Å². The van der Waals surface area contributed by atoms with E-state index >= 15 is 0 Å². The Labute approximate surface area is 119 Å². The molecule has 5 heteroatoms. The summed E-state index contributed by atoms with van der Waals surface area (Å²) in [6.07, 6.45) is 6.10. The van der Waals surface area contributed by atoms with Crippen molar-refractivity contribution in [2.24, 2.45) is 0 Å². The van der Waals surface area contributed by atoms with Crippen LogP contribution < -0.4 is 4.74 Å². The third-order valence-electron chi connectivity index (χ3n) is 3.80. The molecule has 1 aliphatic rings. The lowest BCUT2D eigenvalue weighted by Gasteiger charge is -2.24. The van der Waals surface area contributed by atoms with Crippen molar-refractivity contribution in [1.29, 1.82) is 0 Å². The van der Waals surface area contributed by atoms with Crippen LogP contribution in [0.25, 0.3) is 0 Å². The first kappa shape index (κ1) is 14.7. The van der Waals surface area contributed by atoms with Crippen LogP contribution in [0.1, 0.15) is 43.2 Å². The first-order valence-electron chi connectivity index (χ1n) is 6.61. The van der Waals surface area contributed by atoms with Crippen molar-refractivity contribution in [1.82, 2.24) is 0 Å². The molecule has 1 aliphatic carbocycles. The molecule has 1 saturated carbocycles. The van der Waals surface area contributed by atoms with Crippen molar-refractivity contribution in [2.45, 2.75) is 57.0 Å². The molecule has 0 aliphatic heterocycles. The normalized spacial score (nSPS) is 17.4. The molecule has 2 rings (SSSR count). The molecular formula is C14H19ClO3S. The molecule has 0 heterocycles. The summed E-state index contributed by atoms with van der Waals surface area (Å²) in [4.78, 5) is 0.169. The van der Waals surface area contributed by atoms with Crippen molar-refractivity contribution in [3.05, 3.63) is 23.3 Å². The smallest absolute Gasteiger partial charge is 0.261 e. The van der Waals surface area contributed by atoms with Crippen LogP contribution in [0.5, 0.6) is 5.75 Å². The maximum Gasteiger partial charge on any atom is 0.261 e. The van der Waals surface area contributed by atoms with E-state index in [0.717, 1.165) is 24.2 Å². The molecule has 3 nitrogen and oxygen atoms in total. The van der Waals surface area contributed by atoms with Crippen molar-refractivity contribution >= 4 is 19.7 Å². The first-order chi connectivity index (χ1) is 8.89. The van der Waals surface area contributed by atoms with Gasteiger partial charge < -0.3 is 4.74 Å². The minimum absolute atomic E-state index is 0.169. The van der Waals surface area contributed by atoms with E-state index in [1.54, 1.807) is 13.0 Å². The molecule has 0 N–H and O–H groups in total. The zero-order chi connectivity index (χ0) is 14.0. The molecule has 0 aromatic heterocycles. The van der Waals surface area contributed by atoms with E-state index in [2.05, 4.69) is 0 Å². The molecule has 0 unspecified atom stereocenters. The zero-order valence-electron chi connectivity index (χ0n) is 11.3. The van der Waals surface area contributed by atoms with Crippen molar-refractivity contribution < 1.29 is 13.2 Å². The predicted octanol–water partition coefficient (Wildman–Crippen LogP) is 3.94. The second-order valence-corrected chi connectivity index (χ2v) is 7.66. The van der Waals surface area contributed by atoms with Crippen LogP contribution in [0.3, 0.4) is 0 Å². The zero-order valence-corrected chi connectivity index (χ0v) is 12.9. The molecule has 1 aromatic rings. The van der Waals surface area contributed by atoms with Crippen LogP contribution in [-0.4, -0.2) is 14.5 Å². The average molecular weight is 303 g/mol. The highest BCUT2D eigenvalue weighted by molar-refractivity contribution is 8.13. The maximum absolute atomic E-state index is 11.4. The van der Waals surface area contributed by atoms with Crippen LogP contribution in [0.4, 0.5) is 0 Å². The summed E-state index contributed by atoms with van der Waals surface area (Å²) in [5.41, 5.74) is 1.52. The molecule has 0 saturated heterocycles. The number of ether oxygens (including phenoxy) is 1. The van der Waals surface area contributed by atoms with Gasteiger partial charge in [-0.3, -0.25) is 0 Å². The molecule has 19 heavy (non-hydrogen) atoms. The largest absolute Gasteiger partial charge is 0.490 e. The summed E-state index contributed by atoms with van der Waals surface area (Å²) < 4.78 is 28.9. The predicted molar refractivity (Wildman–Crippen MR) is 76.5 cm³/mol. The third-order valence-corrected chi connectivity index (χ3v) is 5.26. The lowest BCUT2D eigenvalue weighted by Crippen LogP contribution is -2.20. The van der Waals surface area contributed by atoms with Gasteiger partial charge in [-0.05, 0) is 62.8 Å². The highest BCUT2D eigenvalue weighted by Gasteiger charge is 2.20. The quantitative estimate of drug-likeness (QED) is 0.794. The lowest BCUT2D eigenvalue weighted by atomic mass is 9.97. The summed E-state index contributed by atoms with van der Waals surface area (Å²) >= 11 is 0. The van der Waals surface area contributed by atoms with Gasteiger partial charge in [0, 0.05) is 10.7 Å². The summed E-state index contributed by atoms with van der Waals surface area (Å²) in [6.45, 7) is 3.64. The van der Waals surface area contributed by atoms with Crippen LogP contribution >= 0.6 is 10.7 Å². The molecule has 0 atom stereocenters. The van der Waals surface area contributed by atoms with Crippen molar-refractivity contribution in [2.75, 3.05) is 0 Å². The highest BCUT2D eigenvalue weighted by atomic mass is 35.7. The second kappa shape index (κ2) is 5.71. The number of benzene rings is 1. The molecule has 0 amide bonds. The monoisotopic (exact) mass is 302 g/mol. The first-order valence-corrected chi connectivity index (χ1v) is 8.92. The molecule has 0 radical (unpaired) electrons. The van der Waals surface area contributed by atoms with Gasteiger partial charge in [0.1, 0.15) is 5.75 Å². The average Bonchev–Trinajstić information content (AvgIpc) is 2.35. The van der Waals surface area contributed by atoms with Gasteiger partial charge in [-0.15, -0.1) is 0 Å². The minimum atomic E-state index is -3.69. The van der Waals surface area contributed by atoms with Gasteiger partial charge in [0.25, 0.3) is 9.05 Å². The van der Waals surface area contributed by atoms with Gasteiger partial charge in [-0.2, -0.15) is 0 Å². The van der Waals surface area contributed by atoms with E-state index in [9.17, 15) is 8.42 Å². The molecular weight excluding hydrogens is 284 g/mol. The summed E-state index contributed by atoms with van der Waals surface area (Å²) in [7, 11) is 1.72. The number of rotatable bonds is 3. The second-order valence-electron chi connectivity index (χ2n) is 5.13. The van der Waals surface area contributed by atoms with E-state index in [-0.39, 0.29) is 11.0 Å². The molecule has 0 spiro atoms. The topological polar surface area (TPSA) is 43.4 Å². The van der Waals surface area contributed by atoms with Gasteiger partial charge in [-0.25, -0.2) is 8.42 Å². The van der Waals surface area contributed by atoms with Crippen molar-refractivity contribution in [3.63, 3.8) is 0 Å². The van der Waals surface area contributed by atoms with Crippen LogP contribution in [0.15, 0.2) is 17.0 Å². The Morgan fingerprint density at radius 1 is 1.11 bits per heavy atom. The fraction of sp³-hybridized carbons (Fsp3) is 0.571. The molecule has 0 bridgehead atoms. The molecule has 1 aromatic carbocycles. The standard InChI is InChI=1S/C14H19ClO3S/c1-10-11(2)14(19(15,16)17)9-8-13(10)18-12-6-4-3-5-7-12/h8-9,12H,3-7H2,1-2H3. The number of halogens is 1. The SMILES string of the molecule is Cc1c(OC2CCCCC2)ccc(S(=O)(=O)Cl)c1C. The highest BCUT2D eigenvalue weighted by Crippen LogP contribution is 2.31. The fourth-order valence-electron chi connectivity index (χ4n) is 2.53. The Kier molecular flexibility index (Phi) is 4.41. The molecule has 106 valence electrons. The van der Waals surface area contributed by atoms with Gasteiger partial charge in [0.05, 0.1) is 11.0 Å². The summed E-state index contributed by atoms with van der Waals surface area (Å²) in [6, 6.07) is 3.25. The van der Waals surface area contributed by atoms with Crippen LogP contribution in [0.2, 0.25) is 0 Å². The number of hydrogen-bond donors (Lipinski definition) is 0. The van der Waals surface area contributed by atoms with Gasteiger partial charge >= 0.3 is 0 Å². The van der Waals surface area contributed by atoms with Gasteiger partial charge in [0.2, 0.25) is 0 Å². The van der Waals surface area contributed by atoms with Crippen LogP contribution in [-0.2, 0) is 9.05 Å². The Bertz CT molecular complexity index is 560. The third kappa shape index (κ3) is 3.42. The Balaban J connectivity index is 2.26. The van der Waals surface area contributed by atoms with Crippen molar-refractivity contribution in [3.8, 4) is 5.75 Å². The van der Waals surface area contributed by atoms with Gasteiger partial charge in [-0.1, -0.05) is 6.42 Å². The summed E-state index contributed by atoms with van der Waals surface area (Å²) in [5.74, 6) is 0.772. The van der Waals surface area contributed by atoms with Crippen LogP contribution in [0, 0.1) is 13.8 Å². The Morgan fingerprint density at radius 2 is 1.74 bits per heavy atom. The Hall–Kier alpha value is -0.740. The molecule has 1 fully saturated rings.